The van der Waals surface area contributed by atoms with Crippen molar-refractivity contribution in [2.24, 2.45) is 0 Å². The summed E-state index contributed by atoms with van der Waals surface area (Å²) in [5.41, 5.74) is 1.82. The molecular formula is C18H20N2O2. The zero-order chi connectivity index (χ0) is 15.6. The number of carbonyl (C=O) groups is 2. The fraction of sp³-hybridized carbons (Fsp3) is 0.278. The van der Waals surface area contributed by atoms with E-state index in [1.165, 1.54) is 11.8 Å². The van der Waals surface area contributed by atoms with E-state index in [2.05, 4.69) is 22.4 Å². The molecule has 0 spiro atoms. The van der Waals surface area contributed by atoms with Crippen molar-refractivity contribution in [1.29, 1.82) is 0 Å². The summed E-state index contributed by atoms with van der Waals surface area (Å²) in [5.74, 6) is -0.127. The highest BCUT2D eigenvalue weighted by Gasteiger charge is 2.08. The Morgan fingerprint density at radius 1 is 1.00 bits per heavy atom. The normalized spacial score (nSPS) is 10.2. The summed E-state index contributed by atoms with van der Waals surface area (Å²) in [6.45, 7) is 0.634. The number of aromatic nitrogens is 1. The largest absolute Gasteiger partial charge is 0.356 e. The molecule has 0 atom stereocenters. The monoisotopic (exact) mass is 296 g/mol. The van der Waals surface area contributed by atoms with Gasteiger partial charge in [0.2, 0.25) is 5.91 Å². The van der Waals surface area contributed by atoms with Gasteiger partial charge in [0.25, 0.3) is 0 Å². The predicted molar refractivity (Wildman–Crippen MR) is 85.6 cm³/mol. The number of hydrogen-bond donors (Lipinski definition) is 1. The van der Waals surface area contributed by atoms with E-state index in [0.717, 1.165) is 12.8 Å². The van der Waals surface area contributed by atoms with Crippen molar-refractivity contribution in [2.45, 2.75) is 25.7 Å². The first-order chi connectivity index (χ1) is 10.8. The fourth-order valence-electron chi connectivity index (χ4n) is 2.15. The minimum Gasteiger partial charge on any atom is -0.356 e. The summed E-state index contributed by atoms with van der Waals surface area (Å²) < 4.78 is 0. The highest BCUT2D eigenvalue weighted by molar-refractivity contribution is 5.97. The molecule has 0 bridgehead atoms. The number of nitrogens with one attached hydrogen (secondary N) is 1. The number of ketones is 1. The summed E-state index contributed by atoms with van der Waals surface area (Å²) in [6, 6.07) is 13.6. The highest BCUT2D eigenvalue weighted by atomic mass is 16.2. The Morgan fingerprint density at radius 2 is 1.82 bits per heavy atom. The topological polar surface area (TPSA) is 59.1 Å². The van der Waals surface area contributed by atoms with Crippen LogP contribution in [0, 0.1) is 0 Å². The zero-order valence-electron chi connectivity index (χ0n) is 12.5. The first-order valence-corrected chi connectivity index (χ1v) is 7.49. The Kier molecular flexibility index (Phi) is 6.30. The molecule has 1 N–H and O–H groups in total. The second-order valence-corrected chi connectivity index (χ2v) is 5.10. The molecule has 4 nitrogen and oxygen atoms in total. The Morgan fingerprint density at radius 3 is 2.55 bits per heavy atom. The Hall–Kier alpha value is -2.49. The summed E-state index contributed by atoms with van der Waals surface area (Å²) in [5, 5.41) is 2.85. The van der Waals surface area contributed by atoms with E-state index >= 15 is 0 Å². The van der Waals surface area contributed by atoms with E-state index in [9.17, 15) is 9.59 Å². The molecule has 2 rings (SSSR count). The van der Waals surface area contributed by atoms with Crippen molar-refractivity contribution in [3.8, 4) is 0 Å². The average molecular weight is 296 g/mol. The third-order valence-electron chi connectivity index (χ3n) is 3.37. The van der Waals surface area contributed by atoms with E-state index in [4.69, 9.17) is 0 Å². The Labute approximate surface area is 130 Å². The molecule has 1 aromatic heterocycles. The molecule has 0 aliphatic carbocycles. The predicted octanol–water partition coefficient (Wildman–Crippen LogP) is 2.79. The second-order valence-electron chi connectivity index (χ2n) is 5.10. The molecule has 4 heteroatoms. The number of carbonyl (C=O) groups excluding carboxylic acids is 2. The van der Waals surface area contributed by atoms with Crippen LogP contribution in [0.5, 0.6) is 0 Å². The highest BCUT2D eigenvalue weighted by Crippen LogP contribution is 2.04. The number of pyridine rings is 1. The maximum Gasteiger partial charge on any atom is 0.220 e. The standard InChI is InChI=1S/C18H20N2O2/c21-17(16-9-5-12-19-14-16)10-11-18(22)20-13-4-8-15-6-2-1-3-7-15/h1-3,5-7,9,12,14H,4,8,10-11,13H2,(H,20,22). The van der Waals surface area contributed by atoms with Gasteiger partial charge in [-0.05, 0) is 30.5 Å². The molecule has 0 radical (unpaired) electrons. The van der Waals surface area contributed by atoms with Crippen LogP contribution in [0.2, 0.25) is 0 Å². The van der Waals surface area contributed by atoms with E-state index in [1.807, 2.05) is 18.2 Å². The third-order valence-corrected chi connectivity index (χ3v) is 3.37. The van der Waals surface area contributed by atoms with E-state index in [-0.39, 0.29) is 24.5 Å². The molecule has 1 amide bonds. The fourth-order valence-corrected chi connectivity index (χ4v) is 2.15. The van der Waals surface area contributed by atoms with Gasteiger partial charge in [-0.1, -0.05) is 30.3 Å². The molecule has 22 heavy (non-hydrogen) atoms. The molecule has 0 saturated heterocycles. The molecule has 0 aliphatic heterocycles. The quantitative estimate of drug-likeness (QED) is 0.602. The van der Waals surface area contributed by atoms with Crippen molar-refractivity contribution in [3.63, 3.8) is 0 Å². The van der Waals surface area contributed by atoms with Crippen LogP contribution in [-0.2, 0) is 11.2 Å². The molecule has 1 heterocycles. The van der Waals surface area contributed by atoms with E-state index < -0.39 is 0 Å². The van der Waals surface area contributed by atoms with Crippen LogP contribution in [0.15, 0.2) is 54.9 Å². The molecular weight excluding hydrogens is 276 g/mol. The van der Waals surface area contributed by atoms with Gasteiger partial charge in [-0.2, -0.15) is 0 Å². The lowest BCUT2D eigenvalue weighted by atomic mass is 10.1. The summed E-state index contributed by atoms with van der Waals surface area (Å²) >= 11 is 0. The SMILES string of the molecule is O=C(CCC(=O)c1cccnc1)NCCCc1ccccc1. The number of amides is 1. The van der Waals surface area contributed by atoms with Crippen LogP contribution < -0.4 is 5.32 Å². The van der Waals surface area contributed by atoms with Crippen molar-refractivity contribution >= 4 is 11.7 Å². The number of Topliss-reactive ketones (excluding diaryl/α,β-unsaturated/α-hetero) is 1. The van der Waals surface area contributed by atoms with Crippen LogP contribution >= 0.6 is 0 Å². The molecule has 0 fully saturated rings. The van der Waals surface area contributed by atoms with Crippen molar-refractivity contribution in [3.05, 3.63) is 66.0 Å². The van der Waals surface area contributed by atoms with Crippen LogP contribution in [0.25, 0.3) is 0 Å². The Balaban J connectivity index is 1.61. The lowest BCUT2D eigenvalue weighted by Crippen LogP contribution is -2.25. The molecule has 0 saturated carbocycles. The number of benzene rings is 1. The first-order valence-electron chi connectivity index (χ1n) is 7.49. The van der Waals surface area contributed by atoms with Gasteiger partial charge in [0.15, 0.2) is 5.78 Å². The summed E-state index contributed by atoms with van der Waals surface area (Å²) in [4.78, 5) is 27.5. The average Bonchev–Trinajstić information content (AvgIpc) is 2.58. The summed E-state index contributed by atoms with van der Waals surface area (Å²) in [6.07, 6.45) is 5.42. The van der Waals surface area contributed by atoms with Gasteiger partial charge in [-0.3, -0.25) is 14.6 Å². The van der Waals surface area contributed by atoms with Crippen LogP contribution in [0.3, 0.4) is 0 Å². The number of rotatable bonds is 8. The van der Waals surface area contributed by atoms with Gasteiger partial charge in [-0.25, -0.2) is 0 Å². The van der Waals surface area contributed by atoms with Crippen molar-refractivity contribution in [2.75, 3.05) is 6.54 Å². The van der Waals surface area contributed by atoms with Crippen LogP contribution in [0.1, 0.15) is 35.2 Å². The molecule has 0 aliphatic rings. The van der Waals surface area contributed by atoms with Crippen LogP contribution in [0.4, 0.5) is 0 Å². The molecule has 114 valence electrons. The van der Waals surface area contributed by atoms with Gasteiger partial charge < -0.3 is 5.32 Å². The van der Waals surface area contributed by atoms with Gasteiger partial charge in [0, 0.05) is 37.3 Å². The van der Waals surface area contributed by atoms with Crippen molar-refractivity contribution < 1.29 is 9.59 Å². The molecule has 0 unspecified atom stereocenters. The lowest BCUT2D eigenvalue weighted by Gasteiger charge is -2.05. The van der Waals surface area contributed by atoms with Gasteiger partial charge in [0.05, 0.1) is 0 Å². The smallest absolute Gasteiger partial charge is 0.220 e. The molecule has 2 aromatic rings. The maximum atomic E-state index is 11.8. The van der Waals surface area contributed by atoms with Crippen molar-refractivity contribution in [1.82, 2.24) is 10.3 Å². The Bertz CT molecular complexity index is 597. The van der Waals surface area contributed by atoms with Gasteiger partial charge in [0.1, 0.15) is 0 Å². The third kappa shape index (κ3) is 5.48. The molecule has 1 aromatic carbocycles. The number of nitrogens with zero attached hydrogens (tertiary/aromatic N) is 1. The maximum absolute atomic E-state index is 11.8. The minimum absolute atomic E-state index is 0.0486. The van der Waals surface area contributed by atoms with E-state index in [0.29, 0.717) is 12.1 Å². The second kappa shape index (κ2) is 8.72. The van der Waals surface area contributed by atoms with E-state index in [1.54, 1.807) is 18.3 Å². The first kappa shape index (κ1) is 15.9. The van der Waals surface area contributed by atoms with Crippen LogP contribution in [-0.4, -0.2) is 23.2 Å². The summed E-state index contributed by atoms with van der Waals surface area (Å²) in [7, 11) is 0. The number of aryl methyl sites for hydroxylation is 1. The number of hydrogen-bond acceptors (Lipinski definition) is 3. The van der Waals surface area contributed by atoms with Gasteiger partial charge in [-0.15, -0.1) is 0 Å². The minimum atomic E-state index is -0.0784. The zero-order valence-corrected chi connectivity index (χ0v) is 12.5. The van der Waals surface area contributed by atoms with Gasteiger partial charge >= 0.3 is 0 Å². The lowest BCUT2D eigenvalue weighted by molar-refractivity contribution is -0.121.